The smallest absolute Gasteiger partial charge is 0.253 e. The normalized spacial score (nSPS) is 10.3. The first-order chi connectivity index (χ1) is 8.15. The molecule has 1 rings (SSSR count). The lowest BCUT2D eigenvalue weighted by atomic mass is 10.2. The van der Waals surface area contributed by atoms with Gasteiger partial charge in [0.05, 0.1) is 17.0 Å². The summed E-state index contributed by atoms with van der Waals surface area (Å²) in [4.78, 5) is 11.8. The Morgan fingerprint density at radius 3 is 2.76 bits per heavy atom. The largest absolute Gasteiger partial charge is 0.396 e. The zero-order valence-corrected chi connectivity index (χ0v) is 10.4. The molecule has 1 aromatic rings. The van der Waals surface area contributed by atoms with Crippen LogP contribution < -0.4 is 5.32 Å². The second-order valence-corrected chi connectivity index (χ2v) is 4.02. The number of unbranched alkanes of at least 4 members (excludes halogenated alkanes) is 2. The lowest BCUT2D eigenvalue weighted by Gasteiger charge is -2.07. The molecule has 5 nitrogen and oxygen atoms in total. The second-order valence-electron chi connectivity index (χ2n) is 4.02. The Labute approximate surface area is 101 Å². The quantitative estimate of drug-likeness (QED) is 0.723. The molecule has 0 saturated heterocycles. The number of nitrogens with zero attached hydrogens (tertiary/aromatic N) is 2. The Hall–Kier alpha value is -1.49. The Morgan fingerprint density at radius 1 is 1.29 bits per heavy atom. The van der Waals surface area contributed by atoms with Gasteiger partial charge in [-0.3, -0.25) is 4.79 Å². The number of aromatic nitrogens is 2. The third kappa shape index (κ3) is 4.48. The molecule has 1 aromatic heterocycles. The van der Waals surface area contributed by atoms with E-state index in [-0.39, 0.29) is 12.5 Å². The Morgan fingerprint density at radius 2 is 2.06 bits per heavy atom. The fourth-order valence-corrected chi connectivity index (χ4v) is 1.49. The summed E-state index contributed by atoms with van der Waals surface area (Å²) in [7, 11) is 0. The monoisotopic (exact) mass is 237 g/mol. The second kappa shape index (κ2) is 6.96. The lowest BCUT2D eigenvalue weighted by molar-refractivity contribution is 0.0951. The van der Waals surface area contributed by atoms with Gasteiger partial charge in [-0.05, 0) is 39.2 Å². The molecule has 0 fully saturated rings. The van der Waals surface area contributed by atoms with Crippen molar-refractivity contribution in [1.82, 2.24) is 15.5 Å². The summed E-state index contributed by atoms with van der Waals surface area (Å²) < 4.78 is 0. The molecule has 0 aliphatic carbocycles. The van der Waals surface area contributed by atoms with Gasteiger partial charge >= 0.3 is 0 Å². The minimum Gasteiger partial charge on any atom is -0.396 e. The first-order valence-corrected chi connectivity index (χ1v) is 5.85. The number of rotatable bonds is 6. The van der Waals surface area contributed by atoms with Crippen molar-refractivity contribution in [3.8, 4) is 0 Å². The highest BCUT2D eigenvalue weighted by Gasteiger charge is 2.09. The van der Waals surface area contributed by atoms with Crippen molar-refractivity contribution in [2.75, 3.05) is 13.2 Å². The molecule has 0 radical (unpaired) electrons. The van der Waals surface area contributed by atoms with Crippen LogP contribution in [0.5, 0.6) is 0 Å². The highest BCUT2D eigenvalue weighted by atomic mass is 16.2. The van der Waals surface area contributed by atoms with Crippen LogP contribution in [-0.2, 0) is 0 Å². The van der Waals surface area contributed by atoms with Crippen molar-refractivity contribution in [3.63, 3.8) is 0 Å². The van der Waals surface area contributed by atoms with Crippen molar-refractivity contribution in [2.24, 2.45) is 0 Å². The molecular formula is C12H19N3O2. The van der Waals surface area contributed by atoms with E-state index >= 15 is 0 Å². The Bertz CT molecular complexity index is 380. The summed E-state index contributed by atoms with van der Waals surface area (Å²) in [5.41, 5.74) is 1.96. The minimum atomic E-state index is -0.107. The molecule has 0 saturated carbocycles. The zero-order chi connectivity index (χ0) is 12.7. The van der Waals surface area contributed by atoms with Crippen LogP contribution in [0.2, 0.25) is 0 Å². The highest BCUT2D eigenvalue weighted by molar-refractivity contribution is 5.95. The molecule has 0 aliphatic rings. The number of aliphatic hydroxyl groups is 1. The van der Waals surface area contributed by atoms with E-state index in [1.54, 1.807) is 13.0 Å². The maximum atomic E-state index is 11.8. The highest BCUT2D eigenvalue weighted by Crippen LogP contribution is 2.05. The maximum absolute atomic E-state index is 11.8. The third-order valence-corrected chi connectivity index (χ3v) is 2.47. The summed E-state index contributed by atoms with van der Waals surface area (Å²) in [6.45, 7) is 4.41. The van der Waals surface area contributed by atoms with E-state index in [0.29, 0.717) is 17.8 Å². The molecule has 0 unspecified atom stereocenters. The van der Waals surface area contributed by atoms with Gasteiger partial charge in [-0.2, -0.15) is 10.2 Å². The van der Waals surface area contributed by atoms with Gasteiger partial charge in [-0.15, -0.1) is 0 Å². The van der Waals surface area contributed by atoms with E-state index < -0.39 is 0 Å². The summed E-state index contributed by atoms with van der Waals surface area (Å²) in [5.74, 6) is -0.107. The molecule has 0 bridgehead atoms. The molecule has 1 heterocycles. The number of hydrogen-bond acceptors (Lipinski definition) is 4. The Balaban J connectivity index is 2.44. The van der Waals surface area contributed by atoms with Crippen molar-refractivity contribution >= 4 is 5.91 Å². The average Bonchev–Trinajstić information content (AvgIpc) is 2.32. The van der Waals surface area contributed by atoms with Crippen molar-refractivity contribution in [2.45, 2.75) is 33.1 Å². The van der Waals surface area contributed by atoms with Crippen LogP contribution in [0.15, 0.2) is 6.07 Å². The van der Waals surface area contributed by atoms with E-state index in [1.165, 1.54) is 0 Å². The third-order valence-electron chi connectivity index (χ3n) is 2.47. The van der Waals surface area contributed by atoms with Gasteiger partial charge in [0.1, 0.15) is 0 Å². The molecule has 5 heteroatoms. The molecular weight excluding hydrogens is 218 g/mol. The first kappa shape index (κ1) is 13.6. The molecule has 0 spiro atoms. The number of aryl methyl sites for hydroxylation is 2. The first-order valence-electron chi connectivity index (χ1n) is 5.85. The van der Waals surface area contributed by atoms with Crippen LogP contribution in [0.25, 0.3) is 0 Å². The topological polar surface area (TPSA) is 75.1 Å². The van der Waals surface area contributed by atoms with Crippen LogP contribution in [0, 0.1) is 13.8 Å². The van der Waals surface area contributed by atoms with Gasteiger partial charge in [-0.25, -0.2) is 0 Å². The number of nitrogens with one attached hydrogen (secondary N) is 1. The fraction of sp³-hybridized carbons (Fsp3) is 0.583. The Kier molecular flexibility index (Phi) is 5.56. The predicted molar refractivity (Wildman–Crippen MR) is 64.8 cm³/mol. The van der Waals surface area contributed by atoms with Crippen LogP contribution in [0.1, 0.15) is 41.0 Å². The van der Waals surface area contributed by atoms with E-state index in [1.807, 2.05) is 6.92 Å². The van der Waals surface area contributed by atoms with Crippen LogP contribution in [0.4, 0.5) is 0 Å². The van der Waals surface area contributed by atoms with Gasteiger partial charge in [-0.1, -0.05) is 0 Å². The van der Waals surface area contributed by atoms with E-state index in [9.17, 15) is 4.79 Å². The van der Waals surface area contributed by atoms with Gasteiger partial charge in [0.2, 0.25) is 0 Å². The van der Waals surface area contributed by atoms with Crippen molar-refractivity contribution in [3.05, 3.63) is 23.0 Å². The molecule has 0 aromatic carbocycles. The standard InChI is InChI=1S/C12H19N3O2/c1-9-8-11(10(2)15-14-9)12(17)13-6-4-3-5-7-16/h8,16H,3-7H2,1-2H3,(H,13,17). The number of hydrogen-bond donors (Lipinski definition) is 2. The summed E-state index contributed by atoms with van der Waals surface area (Å²) in [6.07, 6.45) is 2.58. The van der Waals surface area contributed by atoms with Crippen molar-refractivity contribution in [1.29, 1.82) is 0 Å². The predicted octanol–water partition coefficient (Wildman–Crippen LogP) is 0.986. The number of aliphatic hydroxyl groups excluding tert-OH is 1. The maximum Gasteiger partial charge on any atom is 0.253 e. The summed E-state index contributed by atoms with van der Waals surface area (Å²) >= 11 is 0. The van der Waals surface area contributed by atoms with Gasteiger partial charge in [0.25, 0.3) is 5.91 Å². The SMILES string of the molecule is Cc1cc(C(=O)NCCCCCO)c(C)nn1. The van der Waals surface area contributed by atoms with E-state index in [2.05, 4.69) is 15.5 Å². The van der Waals surface area contributed by atoms with Crippen molar-refractivity contribution < 1.29 is 9.90 Å². The van der Waals surface area contributed by atoms with Gasteiger partial charge in [0, 0.05) is 13.2 Å². The van der Waals surface area contributed by atoms with E-state index in [0.717, 1.165) is 25.0 Å². The molecule has 0 aliphatic heterocycles. The molecule has 17 heavy (non-hydrogen) atoms. The lowest BCUT2D eigenvalue weighted by Crippen LogP contribution is -2.25. The number of carbonyl (C=O) groups is 1. The molecule has 94 valence electrons. The van der Waals surface area contributed by atoms with E-state index in [4.69, 9.17) is 5.11 Å². The molecule has 0 atom stereocenters. The van der Waals surface area contributed by atoms with Crippen LogP contribution in [0.3, 0.4) is 0 Å². The summed E-state index contributed by atoms with van der Waals surface area (Å²) in [6, 6.07) is 1.74. The van der Waals surface area contributed by atoms with Crippen LogP contribution in [-0.4, -0.2) is 34.4 Å². The summed E-state index contributed by atoms with van der Waals surface area (Å²) in [5, 5.41) is 19.3. The minimum absolute atomic E-state index is 0.107. The fourth-order valence-electron chi connectivity index (χ4n) is 1.49. The average molecular weight is 237 g/mol. The van der Waals surface area contributed by atoms with Crippen LogP contribution >= 0.6 is 0 Å². The number of amides is 1. The van der Waals surface area contributed by atoms with Gasteiger partial charge in [0.15, 0.2) is 0 Å². The molecule has 2 N–H and O–H groups in total. The number of carbonyl (C=O) groups excluding carboxylic acids is 1. The van der Waals surface area contributed by atoms with Gasteiger partial charge < -0.3 is 10.4 Å². The molecule has 1 amide bonds. The zero-order valence-electron chi connectivity index (χ0n) is 10.4.